The van der Waals surface area contributed by atoms with Gasteiger partial charge in [0.25, 0.3) is 0 Å². The molecule has 0 aliphatic heterocycles. The quantitative estimate of drug-likeness (QED) is 0.612. The molecule has 22 heavy (non-hydrogen) atoms. The molecule has 0 aromatic heterocycles. The van der Waals surface area contributed by atoms with Crippen molar-refractivity contribution in [3.05, 3.63) is 23.8 Å². The van der Waals surface area contributed by atoms with Crippen LogP contribution >= 0.6 is 12.4 Å². The maximum Gasteiger partial charge on any atom is 0.164 e. The van der Waals surface area contributed by atoms with Gasteiger partial charge in [-0.1, -0.05) is 13.8 Å². The number of nitrogens with zero attached hydrogens (tertiary/aromatic N) is 1. The molecule has 5 heteroatoms. The largest absolute Gasteiger partial charge is 0.490 e. The third-order valence-corrected chi connectivity index (χ3v) is 2.98. The maximum atomic E-state index is 12.2. The van der Waals surface area contributed by atoms with Crippen molar-refractivity contribution in [3.8, 4) is 11.5 Å². The molecule has 0 unspecified atom stereocenters. The average molecular weight is 330 g/mol. The predicted molar refractivity (Wildman–Crippen MR) is 92.8 cm³/mol. The summed E-state index contributed by atoms with van der Waals surface area (Å²) in [5, 5.41) is 0. The van der Waals surface area contributed by atoms with E-state index in [1.54, 1.807) is 6.07 Å². The number of rotatable bonds is 10. The van der Waals surface area contributed by atoms with E-state index in [2.05, 4.69) is 13.8 Å². The van der Waals surface area contributed by atoms with E-state index in [9.17, 15) is 4.79 Å². The molecule has 126 valence electrons. The van der Waals surface area contributed by atoms with E-state index in [-0.39, 0.29) is 18.2 Å². The highest BCUT2D eigenvalue weighted by molar-refractivity contribution is 5.96. The van der Waals surface area contributed by atoms with Crippen LogP contribution in [0, 0.1) is 0 Å². The molecule has 0 amide bonds. The molecule has 4 nitrogen and oxygen atoms in total. The van der Waals surface area contributed by atoms with Gasteiger partial charge in [-0.05, 0) is 45.1 Å². The van der Waals surface area contributed by atoms with Gasteiger partial charge in [-0.2, -0.15) is 0 Å². The topological polar surface area (TPSA) is 38.8 Å². The number of carbonyl (C=O) groups is 1. The second-order valence-electron chi connectivity index (χ2n) is 5.33. The summed E-state index contributed by atoms with van der Waals surface area (Å²) in [6.45, 7) is 6.14. The lowest BCUT2D eigenvalue weighted by Crippen LogP contribution is -2.16. The molecule has 0 atom stereocenters. The SMILES string of the molecule is CCCOc1ccc(C(=O)CCN(C)C)cc1OCCC.Cl. The van der Waals surface area contributed by atoms with Crippen molar-refractivity contribution >= 4 is 18.2 Å². The molecule has 0 saturated carbocycles. The minimum Gasteiger partial charge on any atom is -0.490 e. The van der Waals surface area contributed by atoms with Crippen molar-refractivity contribution < 1.29 is 14.3 Å². The first kappa shape index (κ1) is 20.7. The van der Waals surface area contributed by atoms with Crippen molar-refractivity contribution in [2.24, 2.45) is 0 Å². The number of carbonyl (C=O) groups excluding carboxylic acids is 1. The van der Waals surface area contributed by atoms with Crippen LogP contribution in [0.15, 0.2) is 18.2 Å². The summed E-state index contributed by atoms with van der Waals surface area (Å²) >= 11 is 0. The van der Waals surface area contributed by atoms with Crippen LogP contribution in [-0.2, 0) is 0 Å². The minimum absolute atomic E-state index is 0. The summed E-state index contributed by atoms with van der Waals surface area (Å²) in [6.07, 6.45) is 2.37. The highest BCUT2D eigenvalue weighted by Gasteiger charge is 2.12. The van der Waals surface area contributed by atoms with Crippen molar-refractivity contribution in [2.45, 2.75) is 33.1 Å². The van der Waals surface area contributed by atoms with E-state index in [1.807, 2.05) is 31.1 Å². The first-order valence-electron chi connectivity index (χ1n) is 7.66. The van der Waals surface area contributed by atoms with Gasteiger partial charge in [0.2, 0.25) is 0 Å². The number of halogens is 1. The summed E-state index contributed by atoms with van der Waals surface area (Å²) < 4.78 is 11.4. The zero-order valence-corrected chi connectivity index (χ0v) is 14.9. The molecule has 0 saturated heterocycles. The summed E-state index contributed by atoms with van der Waals surface area (Å²) in [7, 11) is 3.93. The Labute approximate surface area is 140 Å². The molecule has 0 radical (unpaired) electrons. The van der Waals surface area contributed by atoms with E-state index >= 15 is 0 Å². The van der Waals surface area contributed by atoms with Crippen LogP contribution < -0.4 is 9.47 Å². The number of Topliss-reactive ketones (excluding diaryl/α,β-unsaturated/α-hetero) is 1. The number of hydrogen-bond acceptors (Lipinski definition) is 4. The van der Waals surface area contributed by atoms with Gasteiger partial charge < -0.3 is 14.4 Å². The number of hydrogen-bond donors (Lipinski definition) is 0. The summed E-state index contributed by atoms with van der Waals surface area (Å²) in [6, 6.07) is 5.46. The Kier molecular flexibility index (Phi) is 10.7. The van der Waals surface area contributed by atoms with Crippen LogP contribution in [-0.4, -0.2) is 44.5 Å². The number of ether oxygens (including phenoxy) is 2. The smallest absolute Gasteiger partial charge is 0.164 e. The lowest BCUT2D eigenvalue weighted by atomic mass is 10.1. The summed E-state index contributed by atoms with van der Waals surface area (Å²) in [5.41, 5.74) is 0.687. The molecular weight excluding hydrogens is 302 g/mol. The highest BCUT2D eigenvalue weighted by atomic mass is 35.5. The first-order chi connectivity index (χ1) is 10.1. The fraction of sp³-hybridized carbons (Fsp3) is 0.588. The van der Waals surface area contributed by atoms with Gasteiger partial charge in [0.05, 0.1) is 13.2 Å². The average Bonchev–Trinajstić information content (AvgIpc) is 2.48. The molecule has 1 rings (SSSR count). The number of benzene rings is 1. The Hall–Kier alpha value is -1.26. The Bertz CT molecular complexity index is 450. The first-order valence-corrected chi connectivity index (χ1v) is 7.66. The normalized spacial score (nSPS) is 10.2. The van der Waals surface area contributed by atoms with E-state index in [0.717, 1.165) is 25.1 Å². The molecule has 1 aromatic carbocycles. The fourth-order valence-corrected chi connectivity index (χ4v) is 1.81. The standard InChI is InChI=1S/C17H27NO3.ClH/c1-5-11-20-16-8-7-14(13-17(16)21-12-6-2)15(19)9-10-18(3)4;/h7-8,13H,5-6,9-12H2,1-4H3;1H. The second-order valence-corrected chi connectivity index (χ2v) is 5.33. The van der Waals surface area contributed by atoms with E-state index in [4.69, 9.17) is 9.47 Å². The molecule has 0 aliphatic carbocycles. The van der Waals surface area contributed by atoms with Crippen molar-refractivity contribution in [1.82, 2.24) is 4.90 Å². The minimum atomic E-state index is 0. The van der Waals surface area contributed by atoms with Gasteiger partial charge >= 0.3 is 0 Å². The maximum absolute atomic E-state index is 12.2. The zero-order chi connectivity index (χ0) is 15.7. The Morgan fingerprint density at radius 2 is 1.64 bits per heavy atom. The molecule has 0 aliphatic rings. The molecule has 0 fully saturated rings. The zero-order valence-electron chi connectivity index (χ0n) is 14.1. The lowest BCUT2D eigenvalue weighted by Gasteiger charge is -2.14. The van der Waals surface area contributed by atoms with Crippen molar-refractivity contribution in [1.29, 1.82) is 0 Å². The van der Waals surface area contributed by atoms with Crippen molar-refractivity contribution in [3.63, 3.8) is 0 Å². The van der Waals surface area contributed by atoms with Gasteiger partial charge in [-0.15, -0.1) is 12.4 Å². The Balaban J connectivity index is 0.00000441. The van der Waals surface area contributed by atoms with E-state index in [0.29, 0.717) is 30.9 Å². The number of ketones is 1. The van der Waals surface area contributed by atoms with Crippen LogP contribution in [0.2, 0.25) is 0 Å². The van der Waals surface area contributed by atoms with Crippen LogP contribution in [0.1, 0.15) is 43.5 Å². The van der Waals surface area contributed by atoms with E-state index in [1.165, 1.54) is 0 Å². The monoisotopic (exact) mass is 329 g/mol. The molecule has 0 heterocycles. The lowest BCUT2D eigenvalue weighted by molar-refractivity contribution is 0.0972. The molecule has 0 spiro atoms. The van der Waals surface area contributed by atoms with Gasteiger partial charge in [0, 0.05) is 18.5 Å². The van der Waals surface area contributed by atoms with Gasteiger partial charge in [-0.3, -0.25) is 4.79 Å². The molecule has 0 N–H and O–H groups in total. The molecule has 0 bridgehead atoms. The summed E-state index contributed by atoms with van der Waals surface area (Å²) in [5.74, 6) is 1.52. The van der Waals surface area contributed by atoms with E-state index < -0.39 is 0 Å². The van der Waals surface area contributed by atoms with Gasteiger partial charge in [-0.25, -0.2) is 0 Å². The third-order valence-electron chi connectivity index (χ3n) is 2.98. The summed E-state index contributed by atoms with van der Waals surface area (Å²) in [4.78, 5) is 14.2. The predicted octanol–water partition coefficient (Wildman–Crippen LogP) is 3.82. The van der Waals surface area contributed by atoms with Crippen LogP contribution in [0.25, 0.3) is 0 Å². The van der Waals surface area contributed by atoms with Crippen LogP contribution in [0.4, 0.5) is 0 Å². The Morgan fingerprint density at radius 1 is 1.05 bits per heavy atom. The second kappa shape index (κ2) is 11.3. The fourth-order valence-electron chi connectivity index (χ4n) is 1.81. The van der Waals surface area contributed by atoms with Gasteiger partial charge in [0.15, 0.2) is 17.3 Å². The van der Waals surface area contributed by atoms with Crippen LogP contribution in [0.3, 0.4) is 0 Å². The van der Waals surface area contributed by atoms with Crippen LogP contribution in [0.5, 0.6) is 11.5 Å². The molecular formula is C17H28ClNO3. The highest BCUT2D eigenvalue weighted by Crippen LogP contribution is 2.29. The van der Waals surface area contributed by atoms with Gasteiger partial charge in [0.1, 0.15) is 0 Å². The van der Waals surface area contributed by atoms with Crippen molar-refractivity contribution in [2.75, 3.05) is 33.9 Å². The Morgan fingerprint density at radius 3 is 2.18 bits per heavy atom. The molecule has 1 aromatic rings. The third kappa shape index (κ3) is 7.14.